The number of para-hydroxylation sites is 1. The standard InChI is InChI=1S/C55H64N10O6/c56-49(67)41-24-22-38(23-25-41)34-61-50(68)47(33-42-35-60-44-20-11-10-19-43(42)44)63-51(69)45(21-12-30-59-54(57)58)62-52(70)46(31-36-13-4-1-5-14-36)64-53(71)55(65-48(66)32-37-15-6-2-7-16-37)28-26-40(27-29-55)39-17-8-3-9-18-39/h1-11,13-20,22-25,35,40,45-47,53,60,64,71H,12,21,26-34H2,(H2,56,67)(H,61,68)(H,62,70)(H,63,69)(H,65,66)(H4,57,58,59)/t40-,45-,46+,47-,53?,55+/m0/s1. The number of nitrogens with two attached hydrogens (primary N) is 2. The quantitative estimate of drug-likeness (QED) is 0.0189. The molecule has 1 fully saturated rings. The fraction of sp³-hybridized carbons (Fsp3) is 0.309. The van der Waals surface area contributed by atoms with E-state index in [2.05, 4.69) is 49.0 Å². The smallest absolute Gasteiger partial charge is 0.248 e. The Hall–Kier alpha value is -7.82. The fourth-order valence-electron chi connectivity index (χ4n) is 9.36. The van der Waals surface area contributed by atoms with Crippen molar-refractivity contribution in [2.45, 2.75) is 100 Å². The molecule has 1 aromatic heterocycles. The highest BCUT2D eigenvalue weighted by atomic mass is 16.3. The Labute approximate surface area is 413 Å². The first-order valence-electron chi connectivity index (χ1n) is 24.1. The number of aliphatic hydroxyl groups excluding tert-OH is 1. The number of fused-ring (bicyclic) bond motifs is 1. The molecule has 7 rings (SSSR count). The topological polar surface area (TPSA) is 269 Å². The molecule has 16 nitrogen and oxygen atoms in total. The number of hydrogen-bond acceptors (Lipinski definition) is 8. The third-order valence-electron chi connectivity index (χ3n) is 13.3. The highest BCUT2D eigenvalue weighted by Crippen LogP contribution is 2.39. The number of aromatic nitrogens is 1. The number of carbonyl (C=O) groups excluding carboxylic acids is 5. The Bertz CT molecular complexity index is 2730. The first kappa shape index (κ1) is 51.0. The molecule has 5 amide bonds. The lowest BCUT2D eigenvalue weighted by Crippen LogP contribution is -2.66. The average molecular weight is 961 g/mol. The van der Waals surface area contributed by atoms with Crippen molar-refractivity contribution in [1.29, 1.82) is 5.41 Å². The summed E-state index contributed by atoms with van der Waals surface area (Å²) in [5.41, 5.74) is 15.3. The third-order valence-corrected chi connectivity index (χ3v) is 13.3. The summed E-state index contributed by atoms with van der Waals surface area (Å²) in [4.78, 5) is 72.4. The molecule has 1 aliphatic carbocycles. The van der Waals surface area contributed by atoms with Crippen LogP contribution < -0.4 is 43.4 Å². The van der Waals surface area contributed by atoms with Crippen molar-refractivity contribution in [3.63, 3.8) is 0 Å². The molecule has 5 aromatic carbocycles. The number of primary amides is 1. The second-order valence-corrected chi connectivity index (χ2v) is 18.3. The van der Waals surface area contributed by atoms with Gasteiger partial charge in [0.2, 0.25) is 29.5 Å². The van der Waals surface area contributed by atoms with Crippen LogP contribution in [0.2, 0.25) is 0 Å². The lowest BCUT2D eigenvalue weighted by Gasteiger charge is -2.45. The zero-order chi connectivity index (χ0) is 50.2. The lowest BCUT2D eigenvalue weighted by molar-refractivity contribution is -0.133. The number of aromatic amines is 1. The van der Waals surface area contributed by atoms with Crippen molar-refractivity contribution in [2.75, 3.05) is 6.54 Å². The van der Waals surface area contributed by atoms with Gasteiger partial charge in [-0.15, -0.1) is 0 Å². The average Bonchev–Trinajstić information content (AvgIpc) is 3.79. The number of aliphatic hydroxyl groups is 1. The maximum atomic E-state index is 14.8. The van der Waals surface area contributed by atoms with Gasteiger partial charge in [0, 0.05) is 42.2 Å². The number of amides is 5. The third kappa shape index (κ3) is 14.4. The zero-order valence-electron chi connectivity index (χ0n) is 39.7. The van der Waals surface area contributed by atoms with Crippen LogP contribution in [0.5, 0.6) is 0 Å². The number of guanidine groups is 1. The van der Waals surface area contributed by atoms with Crippen LogP contribution in [0.25, 0.3) is 10.9 Å². The van der Waals surface area contributed by atoms with E-state index < -0.39 is 53.5 Å². The van der Waals surface area contributed by atoms with E-state index in [1.54, 1.807) is 30.5 Å². The van der Waals surface area contributed by atoms with Crippen LogP contribution in [0.15, 0.2) is 146 Å². The molecule has 0 aliphatic heterocycles. The number of nitrogens with one attached hydrogen (secondary N) is 8. The molecule has 13 N–H and O–H groups in total. The number of benzene rings is 5. The Morgan fingerprint density at radius 3 is 1.94 bits per heavy atom. The molecule has 0 saturated heterocycles. The summed E-state index contributed by atoms with van der Waals surface area (Å²) in [5.74, 6) is -2.59. The van der Waals surface area contributed by atoms with Crippen molar-refractivity contribution >= 4 is 46.4 Å². The first-order valence-corrected chi connectivity index (χ1v) is 24.1. The van der Waals surface area contributed by atoms with Crippen molar-refractivity contribution in [2.24, 2.45) is 11.5 Å². The van der Waals surface area contributed by atoms with Crippen LogP contribution in [0.1, 0.15) is 82.6 Å². The van der Waals surface area contributed by atoms with E-state index in [1.807, 2.05) is 103 Å². The molecule has 0 radical (unpaired) electrons. The molecule has 1 saturated carbocycles. The first-order chi connectivity index (χ1) is 34.4. The van der Waals surface area contributed by atoms with Crippen LogP contribution in [0, 0.1) is 5.41 Å². The van der Waals surface area contributed by atoms with Gasteiger partial charge < -0.3 is 48.1 Å². The molecule has 1 aliphatic rings. The zero-order valence-corrected chi connectivity index (χ0v) is 39.7. The van der Waals surface area contributed by atoms with Crippen LogP contribution in [0.3, 0.4) is 0 Å². The molecule has 1 heterocycles. The monoisotopic (exact) mass is 961 g/mol. The maximum Gasteiger partial charge on any atom is 0.248 e. The number of H-pyrrole nitrogens is 1. The predicted octanol–water partition coefficient (Wildman–Crippen LogP) is 4.33. The van der Waals surface area contributed by atoms with Gasteiger partial charge in [0.1, 0.15) is 18.3 Å². The Kier molecular flexibility index (Phi) is 17.7. The molecule has 16 heteroatoms. The van der Waals surface area contributed by atoms with E-state index in [9.17, 15) is 29.1 Å². The number of carbonyl (C=O) groups is 5. The summed E-state index contributed by atoms with van der Waals surface area (Å²) in [5, 5.41) is 39.0. The minimum Gasteiger partial charge on any atom is -0.376 e. The number of hydrogen-bond donors (Lipinski definition) is 11. The molecule has 370 valence electrons. The van der Waals surface area contributed by atoms with Crippen LogP contribution in [-0.4, -0.2) is 82.0 Å². The van der Waals surface area contributed by atoms with E-state index in [1.165, 1.54) is 5.56 Å². The lowest BCUT2D eigenvalue weighted by atomic mass is 9.73. The van der Waals surface area contributed by atoms with Gasteiger partial charge >= 0.3 is 0 Å². The van der Waals surface area contributed by atoms with Gasteiger partial charge in [-0.2, -0.15) is 0 Å². The van der Waals surface area contributed by atoms with E-state index in [0.29, 0.717) is 43.2 Å². The summed E-state index contributed by atoms with van der Waals surface area (Å²) < 4.78 is 0. The predicted molar refractivity (Wildman–Crippen MR) is 274 cm³/mol. The van der Waals surface area contributed by atoms with Gasteiger partial charge in [-0.05, 0) is 96.9 Å². The van der Waals surface area contributed by atoms with Crippen molar-refractivity contribution in [1.82, 2.24) is 36.9 Å². The van der Waals surface area contributed by atoms with Gasteiger partial charge in [-0.3, -0.25) is 34.7 Å². The highest BCUT2D eigenvalue weighted by molar-refractivity contribution is 5.94. The minimum atomic E-state index is -1.39. The summed E-state index contributed by atoms with van der Waals surface area (Å²) in [6.07, 6.45) is 3.32. The second-order valence-electron chi connectivity index (χ2n) is 18.3. The van der Waals surface area contributed by atoms with E-state index in [-0.39, 0.29) is 56.6 Å². The van der Waals surface area contributed by atoms with Crippen LogP contribution in [0.4, 0.5) is 0 Å². The molecule has 4 atom stereocenters. The molecule has 0 spiro atoms. The van der Waals surface area contributed by atoms with E-state index in [0.717, 1.165) is 27.6 Å². The van der Waals surface area contributed by atoms with Gasteiger partial charge in [0.05, 0.1) is 18.0 Å². The fourth-order valence-corrected chi connectivity index (χ4v) is 9.36. The van der Waals surface area contributed by atoms with Crippen molar-refractivity contribution in [3.8, 4) is 0 Å². The Morgan fingerprint density at radius 2 is 1.28 bits per heavy atom. The van der Waals surface area contributed by atoms with Crippen LogP contribution >= 0.6 is 0 Å². The van der Waals surface area contributed by atoms with Crippen molar-refractivity contribution in [3.05, 3.63) is 179 Å². The normalized spacial score (nSPS) is 17.2. The van der Waals surface area contributed by atoms with Gasteiger partial charge in [0.25, 0.3) is 0 Å². The largest absolute Gasteiger partial charge is 0.376 e. The maximum absolute atomic E-state index is 14.8. The molecule has 71 heavy (non-hydrogen) atoms. The van der Waals surface area contributed by atoms with E-state index in [4.69, 9.17) is 16.9 Å². The summed E-state index contributed by atoms with van der Waals surface area (Å²) in [6, 6.07) is 39.6. The van der Waals surface area contributed by atoms with Gasteiger partial charge in [0.15, 0.2) is 5.96 Å². The molecular formula is C55H64N10O6. The number of rotatable bonds is 23. The second kappa shape index (κ2) is 24.6. The summed E-state index contributed by atoms with van der Waals surface area (Å²) >= 11 is 0. The highest BCUT2D eigenvalue weighted by Gasteiger charge is 2.44. The van der Waals surface area contributed by atoms with E-state index >= 15 is 0 Å². The van der Waals surface area contributed by atoms with Crippen LogP contribution in [-0.2, 0) is 45.0 Å². The SMILES string of the molecule is N=C(N)NCCC[C@H](NC(=O)[C@@H](Cc1ccccc1)NC(O)[C@]1(NC(=O)Cc2ccccc2)CC[C@@H](c2ccccc2)CC1)C(=O)N[C@@H](Cc1c[nH]c2ccccc12)C(=O)NCc1ccc(C(N)=O)cc1. The Morgan fingerprint density at radius 1 is 0.676 bits per heavy atom. The van der Waals surface area contributed by atoms with Crippen molar-refractivity contribution < 1.29 is 29.1 Å². The molecule has 6 aromatic rings. The molecule has 0 bridgehead atoms. The summed E-state index contributed by atoms with van der Waals surface area (Å²) in [7, 11) is 0. The molecule has 1 unspecified atom stereocenters. The molecular weight excluding hydrogens is 897 g/mol. The van der Waals surface area contributed by atoms with Gasteiger partial charge in [-0.25, -0.2) is 0 Å². The minimum absolute atomic E-state index is 0.0886. The Balaban J connectivity index is 1.14. The van der Waals surface area contributed by atoms with Gasteiger partial charge in [-0.1, -0.05) is 121 Å². The summed E-state index contributed by atoms with van der Waals surface area (Å²) in [6.45, 7) is 0.313.